The van der Waals surface area contributed by atoms with Crippen LogP contribution in [0, 0.1) is 0 Å². The second kappa shape index (κ2) is 7.82. The Kier molecular flexibility index (Phi) is 6.00. The number of hydroxylamine groups is 1. The summed E-state index contributed by atoms with van der Waals surface area (Å²) in [4.78, 5) is 11.9. The number of hydrogen-bond donors (Lipinski definition) is 6. The van der Waals surface area contributed by atoms with Crippen LogP contribution in [0.15, 0.2) is 24.3 Å². The number of alkyl halides is 4. The van der Waals surface area contributed by atoms with Crippen molar-refractivity contribution >= 4 is 11.7 Å². The summed E-state index contributed by atoms with van der Waals surface area (Å²) >= 11 is 0. The molecule has 1 saturated heterocycles. The summed E-state index contributed by atoms with van der Waals surface area (Å²) in [6.45, 7) is 1.53. The number of ether oxygens (including phenoxy) is 1. The highest BCUT2D eigenvalue weighted by Gasteiger charge is 2.35. The summed E-state index contributed by atoms with van der Waals surface area (Å²) in [7, 11) is 0. The van der Waals surface area contributed by atoms with E-state index >= 15 is 0 Å². The smallest absolute Gasteiger partial charge is 0.406 e. The number of carbonyl (C=O) groups is 1. The van der Waals surface area contributed by atoms with Gasteiger partial charge in [-0.15, -0.1) is 13.2 Å². The first kappa shape index (κ1) is 19.2. The van der Waals surface area contributed by atoms with Crippen molar-refractivity contribution in [3.8, 4) is 5.75 Å². The van der Waals surface area contributed by atoms with E-state index in [2.05, 4.69) is 26.0 Å². The van der Waals surface area contributed by atoms with E-state index in [0.29, 0.717) is 0 Å². The molecule has 0 aliphatic carbocycles. The number of nitrogens with one attached hydrogen (secondary N) is 5. The summed E-state index contributed by atoms with van der Waals surface area (Å²) in [6.07, 6.45) is -8.17. The highest BCUT2D eigenvalue weighted by atomic mass is 19.4. The van der Waals surface area contributed by atoms with Crippen molar-refractivity contribution in [2.24, 2.45) is 0 Å². The van der Waals surface area contributed by atoms with Crippen molar-refractivity contribution < 1.29 is 32.3 Å². The molecular formula is C13H17F4N5O3. The zero-order chi connectivity index (χ0) is 18.6. The minimum atomic E-state index is -4.80. The molecule has 6 N–H and O–H groups in total. The monoisotopic (exact) mass is 367 g/mol. The van der Waals surface area contributed by atoms with Crippen LogP contribution in [0.25, 0.3) is 0 Å². The van der Waals surface area contributed by atoms with E-state index in [1.54, 1.807) is 5.48 Å². The maximum absolute atomic E-state index is 13.7. The number of halogens is 4. The molecule has 1 aromatic rings. The van der Waals surface area contributed by atoms with Gasteiger partial charge in [-0.3, -0.25) is 10.6 Å². The van der Waals surface area contributed by atoms with Gasteiger partial charge in [-0.05, 0) is 31.2 Å². The van der Waals surface area contributed by atoms with Crippen molar-refractivity contribution in [1.82, 2.24) is 21.4 Å². The number of urea groups is 1. The van der Waals surface area contributed by atoms with Gasteiger partial charge in [0.05, 0.1) is 0 Å². The van der Waals surface area contributed by atoms with Crippen LogP contribution in [0.2, 0.25) is 0 Å². The summed E-state index contributed by atoms with van der Waals surface area (Å²) in [5.41, 5.74) is 1.98. The predicted molar refractivity (Wildman–Crippen MR) is 78.4 cm³/mol. The van der Waals surface area contributed by atoms with Crippen LogP contribution >= 0.6 is 0 Å². The maximum Gasteiger partial charge on any atom is 0.573 e. The van der Waals surface area contributed by atoms with E-state index < -0.39 is 42.8 Å². The molecule has 1 aliphatic rings. The van der Waals surface area contributed by atoms with Gasteiger partial charge in [-0.1, -0.05) is 0 Å². The van der Waals surface area contributed by atoms with Crippen molar-refractivity contribution in [2.45, 2.75) is 38.0 Å². The number of anilines is 1. The Morgan fingerprint density at radius 1 is 1.24 bits per heavy atom. The minimum Gasteiger partial charge on any atom is -0.406 e. The van der Waals surface area contributed by atoms with Gasteiger partial charge >= 0.3 is 12.4 Å². The van der Waals surface area contributed by atoms with E-state index in [9.17, 15) is 22.4 Å². The predicted octanol–water partition coefficient (Wildman–Crippen LogP) is 1.21. The molecule has 0 spiro atoms. The summed E-state index contributed by atoms with van der Waals surface area (Å²) in [6, 6.07) is 3.18. The van der Waals surface area contributed by atoms with Crippen LogP contribution in [0.5, 0.6) is 5.75 Å². The summed E-state index contributed by atoms with van der Waals surface area (Å²) in [5, 5.41) is 19.0. The van der Waals surface area contributed by atoms with E-state index in [1.807, 2.05) is 0 Å². The standard InChI is InChI=1S/C13H17F4N5O3/c1-6-9(14)10(22-24)20-11(18-6)21-12(23)19-7-2-4-8(5-3-7)25-13(15,16)17/h2-6,9-11,18,20,22,24H,1H3,(H2,19,21,23). The number of amides is 2. The Morgan fingerprint density at radius 3 is 2.44 bits per heavy atom. The maximum atomic E-state index is 13.7. The van der Waals surface area contributed by atoms with E-state index in [-0.39, 0.29) is 5.69 Å². The molecule has 8 nitrogen and oxygen atoms in total. The highest BCUT2D eigenvalue weighted by molar-refractivity contribution is 5.89. The fourth-order valence-electron chi connectivity index (χ4n) is 2.19. The molecule has 0 saturated carbocycles. The Morgan fingerprint density at radius 2 is 1.88 bits per heavy atom. The molecular weight excluding hydrogens is 350 g/mol. The van der Waals surface area contributed by atoms with Crippen molar-refractivity contribution in [1.29, 1.82) is 0 Å². The topological polar surface area (TPSA) is 107 Å². The normalized spacial score (nSPS) is 26.8. The quantitative estimate of drug-likeness (QED) is 0.353. The van der Waals surface area contributed by atoms with Crippen LogP contribution in [0.3, 0.4) is 0 Å². The van der Waals surface area contributed by atoms with Crippen molar-refractivity contribution in [3.05, 3.63) is 24.3 Å². The average molecular weight is 367 g/mol. The molecule has 1 aliphatic heterocycles. The third-order valence-corrected chi connectivity index (χ3v) is 3.33. The van der Waals surface area contributed by atoms with Gasteiger partial charge in [0.25, 0.3) is 0 Å². The summed E-state index contributed by atoms with van der Waals surface area (Å²) in [5.74, 6) is -0.422. The third kappa shape index (κ3) is 5.70. The van der Waals surface area contributed by atoms with E-state index in [4.69, 9.17) is 5.21 Å². The molecule has 12 heteroatoms. The first-order chi connectivity index (χ1) is 11.7. The Hall–Kier alpha value is -2.15. The summed E-state index contributed by atoms with van der Waals surface area (Å²) < 4.78 is 53.6. The molecule has 0 aromatic heterocycles. The molecule has 2 rings (SSSR count). The van der Waals surface area contributed by atoms with Crippen LogP contribution in [0.4, 0.5) is 28.0 Å². The third-order valence-electron chi connectivity index (χ3n) is 3.33. The zero-order valence-corrected chi connectivity index (χ0v) is 12.9. The first-order valence-corrected chi connectivity index (χ1v) is 7.17. The first-order valence-electron chi connectivity index (χ1n) is 7.17. The molecule has 25 heavy (non-hydrogen) atoms. The number of rotatable bonds is 4. The van der Waals surface area contributed by atoms with Gasteiger partial charge in [0.1, 0.15) is 24.4 Å². The lowest BCUT2D eigenvalue weighted by Crippen LogP contribution is -2.72. The molecule has 1 aromatic carbocycles. The van der Waals surface area contributed by atoms with E-state index in [1.165, 1.54) is 19.1 Å². The lowest BCUT2D eigenvalue weighted by Gasteiger charge is -2.38. The second-order valence-electron chi connectivity index (χ2n) is 5.28. The second-order valence-corrected chi connectivity index (χ2v) is 5.28. The van der Waals surface area contributed by atoms with E-state index in [0.717, 1.165) is 12.1 Å². The lowest BCUT2D eigenvalue weighted by atomic mass is 10.1. The zero-order valence-electron chi connectivity index (χ0n) is 12.9. The fraction of sp³-hybridized carbons (Fsp3) is 0.462. The molecule has 140 valence electrons. The minimum absolute atomic E-state index is 0.219. The van der Waals surface area contributed by atoms with Crippen LogP contribution < -0.4 is 31.5 Å². The van der Waals surface area contributed by atoms with Crippen molar-refractivity contribution in [2.75, 3.05) is 5.32 Å². The molecule has 1 fully saturated rings. The number of hydrogen-bond acceptors (Lipinski definition) is 6. The van der Waals surface area contributed by atoms with Gasteiger partial charge in [-0.2, -0.15) is 5.48 Å². The van der Waals surface area contributed by atoms with Gasteiger partial charge in [-0.25, -0.2) is 9.18 Å². The molecule has 0 bridgehead atoms. The number of benzene rings is 1. The Balaban J connectivity index is 1.87. The molecule has 2 amide bonds. The van der Waals surface area contributed by atoms with Crippen LogP contribution in [-0.4, -0.2) is 42.3 Å². The van der Waals surface area contributed by atoms with Gasteiger partial charge < -0.3 is 20.6 Å². The molecule has 1 heterocycles. The molecule has 4 unspecified atom stereocenters. The Labute approximate surface area is 139 Å². The largest absolute Gasteiger partial charge is 0.573 e. The fourth-order valence-corrected chi connectivity index (χ4v) is 2.19. The van der Waals surface area contributed by atoms with Gasteiger partial charge in [0.15, 0.2) is 0 Å². The van der Waals surface area contributed by atoms with Gasteiger partial charge in [0, 0.05) is 11.7 Å². The van der Waals surface area contributed by atoms with Crippen LogP contribution in [0.1, 0.15) is 6.92 Å². The lowest BCUT2D eigenvalue weighted by molar-refractivity contribution is -0.274. The Bertz CT molecular complexity index is 586. The average Bonchev–Trinajstić information content (AvgIpc) is 2.51. The van der Waals surface area contributed by atoms with Crippen molar-refractivity contribution in [3.63, 3.8) is 0 Å². The number of carbonyl (C=O) groups excluding carboxylic acids is 1. The van der Waals surface area contributed by atoms with Crippen LogP contribution in [-0.2, 0) is 0 Å². The molecule has 0 radical (unpaired) electrons. The SMILES string of the molecule is CC1NC(NC(=O)Nc2ccc(OC(F)(F)F)cc2)NC(NO)C1F. The molecule has 4 atom stereocenters. The highest BCUT2D eigenvalue weighted by Crippen LogP contribution is 2.23. The van der Waals surface area contributed by atoms with Gasteiger partial charge in [0.2, 0.25) is 0 Å².